The van der Waals surface area contributed by atoms with Crippen LogP contribution in [-0.4, -0.2) is 31.8 Å². The minimum absolute atomic E-state index is 0.465. The number of aryl methyl sites for hydroxylation is 1. The number of hydrogen-bond donors (Lipinski definition) is 1. The van der Waals surface area contributed by atoms with E-state index in [1.807, 2.05) is 7.05 Å². The topological polar surface area (TPSA) is 47.3 Å². The molecule has 16 heavy (non-hydrogen) atoms. The molecule has 0 saturated carbocycles. The SMILES string of the molecule is CNCCCc1coc(C2CCOCC2)n1. The molecular formula is C12H20N2O2. The standard InChI is InChI=1S/C12H20N2O2/c1-13-6-2-3-11-9-16-12(14-11)10-4-7-15-8-5-10/h9-10,13H,2-8H2,1H3. The maximum Gasteiger partial charge on any atom is 0.197 e. The minimum atomic E-state index is 0.465. The summed E-state index contributed by atoms with van der Waals surface area (Å²) < 4.78 is 10.9. The zero-order valence-electron chi connectivity index (χ0n) is 9.87. The number of ether oxygens (including phenoxy) is 1. The maximum absolute atomic E-state index is 5.55. The Balaban J connectivity index is 1.85. The summed E-state index contributed by atoms with van der Waals surface area (Å²) in [4.78, 5) is 4.56. The zero-order chi connectivity index (χ0) is 11.2. The van der Waals surface area contributed by atoms with Crippen LogP contribution in [0.3, 0.4) is 0 Å². The van der Waals surface area contributed by atoms with E-state index in [1.54, 1.807) is 6.26 Å². The molecule has 4 heteroatoms. The van der Waals surface area contributed by atoms with Gasteiger partial charge in [-0.1, -0.05) is 0 Å². The molecule has 0 bridgehead atoms. The fourth-order valence-corrected chi connectivity index (χ4v) is 2.02. The summed E-state index contributed by atoms with van der Waals surface area (Å²) in [6, 6.07) is 0. The van der Waals surface area contributed by atoms with E-state index in [1.165, 1.54) is 0 Å². The van der Waals surface area contributed by atoms with Gasteiger partial charge in [0.2, 0.25) is 0 Å². The van der Waals surface area contributed by atoms with E-state index in [0.29, 0.717) is 5.92 Å². The molecule has 1 N–H and O–H groups in total. The van der Waals surface area contributed by atoms with Crippen molar-refractivity contribution in [3.8, 4) is 0 Å². The Kier molecular flexibility index (Phi) is 4.36. The van der Waals surface area contributed by atoms with Crippen molar-refractivity contribution in [1.29, 1.82) is 0 Å². The molecule has 0 amide bonds. The van der Waals surface area contributed by atoms with Crippen molar-refractivity contribution < 1.29 is 9.15 Å². The lowest BCUT2D eigenvalue weighted by molar-refractivity contribution is 0.0794. The number of oxazole rings is 1. The molecule has 4 nitrogen and oxygen atoms in total. The van der Waals surface area contributed by atoms with Crippen LogP contribution in [0.25, 0.3) is 0 Å². The summed E-state index contributed by atoms with van der Waals surface area (Å²) in [5.74, 6) is 1.37. The van der Waals surface area contributed by atoms with Crippen LogP contribution in [0.5, 0.6) is 0 Å². The lowest BCUT2D eigenvalue weighted by Gasteiger charge is -2.18. The largest absolute Gasteiger partial charge is 0.448 e. The molecule has 1 aromatic rings. The maximum atomic E-state index is 5.55. The van der Waals surface area contributed by atoms with E-state index < -0.39 is 0 Å². The van der Waals surface area contributed by atoms with Crippen LogP contribution in [0.15, 0.2) is 10.7 Å². The molecule has 1 aromatic heterocycles. The van der Waals surface area contributed by atoms with Gasteiger partial charge >= 0.3 is 0 Å². The monoisotopic (exact) mass is 224 g/mol. The Bertz CT molecular complexity index is 306. The van der Waals surface area contributed by atoms with Gasteiger partial charge in [0.05, 0.1) is 5.69 Å². The summed E-state index contributed by atoms with van der Waals surface area (Å²) in [5, 5.41) is 3.13. The summed E-state index contributed by atoms with van der Waals surface area (Å²) in [6.45, 7) is 2.70. The Morgan fingerprint density at radius 2 is 2.25 bits per heavy atom. The number of nitrogens with zero attached hydrogens (tertiary/aromatic N) is 1. The van der Waals surface area contributed by atoms with Crippen molar-refractivity contribution in [2.45, 2.75) is 31.6 Å². The van der Waals surface area contributed by atoms with Crippen LogP contribution < -0.4 is 5.32 Å². The second-order valence-corrected chi connectivity index (χ2v) is 4.27. The second kappa shape index (κ2) is 6.01. The van der Waals surface area contributed by atoms with E-state index in [4.69, 9.17) is 9.15 Å². The first kappa shape index (κ1) is 11.6. The molecule has 90 valence electrons. The molecule has 0 spiro atoms. The Labute approximate surface area is 96.4 Å². The highest BCUT2D eigenvalue weighted by molar-refractivity contribution is 5.01. The van der Waals surface area contributed by atoms with Crippen molar-refractivity contribution >= 4 is 0 Å². The predicted octanol–water partition coefficient (Wildman–Crippen LogP) is 1.72. The van der Waals surface area contributed by atoms with E-state index in [-0.39, 0.29) is 0 Å². The van der Waals surface area contributed by atoms with Gasteiger partial charge in [-0.05, 0) is 39.3 Å². The van der Waals surface area contributed by atoms with Gasteiger partial charge in [-0.2, -0.15) is 0 Å². The summed E-state index contributed by atoms with van der Waals surface area (Å²) in [7, 11) is 1.97. The minimum Gasteiger partial charge on any atom is -0.448 e. The normalized spacial score (nSPS) is 17.8. The van der Waals surface area contributed by atoms with Crippen LogP contribution in [0.4, 0.5) is 0 Å². The predicted molar refractivity (Wildman–Crippen MR) is 61.5 cm³/mol. The van der Waals surface area contributed by atoms with Crippen LogP contribution in [0, 0.1) is 0 Å². The number of hydrogen-bond acceptors (Lipinski definition) is 4. The Morgan fingerprint density at radius 3 is 3.00 bits per heavy atom. The number of aromatic nitrogens is 1. The molecule has 1 saturated heterocycles. The van der Waals surface area contributed by atoms with E-state index in [2.05, 4.69) is 10.3 Å². The Morgan fingerprint density at radius 1 is 1.44 bits per heavy atom. The second-order valence-electron chi connectivity index (χ2n) is 4.27. The molecule has 1 fully saturated rings. The Hall–Kier alpha value is -0.870. The van der Waals surface area contributed by atoms with Gasteiger partial charge in [0.25, 0.3) is 0 Å². The van der Waals surface area contributed by atoms with Gasteiger partial charge in [0.1, 0.15) is 6.26 Å². The molecular weight excluding hydrogens is 204 g/mol. The molecule has 0 aliphatic carbocycles. The highest BCUT2D eigenvalue weighted by Gasteiger charge is 2.20. The van der Waals surface area contributed by atoms with Crippen molar-refractivity contribution in [3.05, 3.63) is 17.8 Å². The lowest BCUT2D eigenvalue weighted by Crippen LogP contribution is -2.14. The van der Waals surface area contributed by atoms with E-state index in [0.717, 1.165) is 57.0 Å². The zero-order valence-corrected chi connectivity index (χ0v) is 9.87. The first-order valence-electron chi connectivity index (χ1n) is 6.07. The van der Waals surface area contributed by atoms with Crippen LogP contribution >= 0.6 is 0 Å². The number of nitrogens with one attached hydrogen (secondary N) is 1. The van der Waals surface area contributed by atoms with Crippen molar-refractivity contribution in [1.82, 2.24) is 10.3 Å². The van der Waals surface area contributed by atoms with Crippen LogP contribution in [0.2, 0.25) is 0 Å². The van der Waals surface area contributed by atoms with Crippen LogP contribution in [-0.2, 0) is 11.2 Å². The summed E-state index contributed by atoms with van der Waals surface area (Å²) in [5.41, 5.74) is 1.08. The summed E-state index contributed by atoms with van der Waals surface area (Å²) >= 11 is 0. The fourth-order valence-electron chi connectivity index (χ4n) is 2.02. The van der Waals surface area contributed by atoms with Gasteiger partial charge in [-0.25, -0.2) is 4.98 Å². The van der Waals surface area contributed by atoms with Crippen molar-refractivity contribution in [3.63, 3.8) is 0 Å². The van der Waals surface area contributed by atoms with Crippen molar-refractivity contribution in [2.75, 3.05) is 26.8 Å². The smallest absolute Gasteiger partial charge is 0.197 e. The number of rotatable bonds is 5. The molecule has 2 heterocycles. The molecule has 2 rings (SSSR count). The molecule has 1 aliphatic rings. The van der Waals surface area contributed by atoms with Gasteiger partial charge in [-0.3, -0.25) is 0 Å². The third-order valence-corrected chi connectivity index (χ3v) is 3.00. The highest BCUT2D eigenvalue weighted by Crippen LogP contribution is 2.26. The molecule has 0 radical (unpaired) electrons. The van der Waals surface area contributed by atoms with Gasteiger partial charge in [0.15, 0.2) is 5.89 Å². The molecule has 0 atom stereocenters. The average molecular weight is 224 g/mol. The third kappa shape index (κ3) is 3.06. The van der Waals surface area contributed by atoms with E-state index >= 15 is 0 Å². The quantitative estimate of drug-likeness (QED) is 0.774. The average Bonchev–Trinajstić information content (AvgIpc) is 2.79. The molecule has 1 aliphatic heterocycles. The van der Waals surface area contributed by atoms with Crippen LogP contribution in [0.1, 0.15) is 36.8 Å². The van der Waals surface area contributed by atoms with Gasteiger partial charge in [-0.15, -0.1) is 0 Å². The fraction of sp³-hybridized carbons (Fsp3) is 0.750. The molecule has 0 unspecified atom stereocenters. The van der Waals surface area contributed by atoms with E-state index in [9.17, 15) is 0 Å². The third-order valence-electron chi connectivity index (χ3n) is 3.00. The summed E-state index contributed by atoms with van der Waals surface area (Å²) in [6.07, 6.45) is 5.98. The molecule has 0 aromatic carbocycles. The van der Waals surface area contributed by atoms with Crippen molar-refractivity contribution in [2.24, 2.45) is 0 Å². The first-order chi connectivity index (χ1) is 7.90. The lowest BCUT2D eigenvalue weighted by atomic mass is 10.0. The van der Waals surface area contributed by atoms with Gasteiger partial charge < -0.3 is 14.5 Å². The van der Waals surface area contributed by atoms with Gasteiger partial charge in [0, 0.05) is 19.1 Å². The highest BCUT2D eigenvalue weighted by atomic mass is 16.5. The first-order valence-corrected chi connectivity index (χ1v) is 6.07.